The maximum Gasteiger partial charge on any atom is 0.272 e. The van der Waals surface area contributed by atoms with Gasteiger partial charge in [-0.05, 0) is 0 Å². The molecule has 88 valence electrons. The molecule has 0 bridgehead atoms. The number of carbonyl (C=O) groups excluding carboxylic acids is 2. The van der Waals surface area contributed by atoms with Gasteiger partial charge in [0.25, 0.3) is 20.2 Å². The summed E-state index contributed by atoms with van der Waals surface area (Å²) in [5.41, 5.74) is 0. The van der Waals surface area contributed by atoms with Crippen molar-refractivity contribution in [2.75, 3.05) is 11.5 Å². The first-order valence-electron chi connectivity index (χ1n) is 3.47. The van der Waals surface area contributed by atoms with E-state index in [1.807, 2.05) is 0 Å². The lowest BCUT2D eigenvalue weighted by atomic mass is 10.2. The van der Waals surface area contributed by atoms with Crippen molar-refractivity contribution in [3.05, 3.63) is 0 Å². The zero-order chi connectivity index (χ0) is 12.3. The third-order valence-corrected chi connectivity index (χ3v) is 2.56. The lowest BCUT2D eigenvalue weighted by Gasteiger charge is -1.97. The normalized spacial score (nSPS) is 12.4. The average Bonchev–Trinajstić information content (AvgIpc) is 1.95. The second-order valence-electron chi connectivity index (χ2n) is 2.61. The lowest BCUT2D eigenvalue weighted by molar-refractivity contribution is -0.134. The molecule has 0 spiro atoms. The highest BCUT2D eigenvalue weighted by molar-refractivity contribution is 7.86. The first kappa shape index (κ1) is 14.2. The summed E-state index contributed by atoms with van der Waals surface area (Å²) in [6, 6.07) is 0. The number of rotatable bonds is 6. The Labute approximate surface area is 85.8 Å². The monoisotopic (exact) mass is 260 g/mol. The highest BCUT2D eigenvalue weighted by atomic mass is 32.2. The quantitative estimate of drug-likeness (QED) is 0.424. The van der Waals surface area contributed by atoms with Gasteiger partial charge in [-0.25, -0.2) is 0 Å². The minimum absolute atomic E-state index is 0.826. The van der Waals surface area contributed by atoms with E-state index in [-0.39, 0.29) is 0 Å². The molecule has 0 heterocycles. The van der Waals surface area contributed by atoms with Crippen molar-refractivity contribution in [1.82, 2.24) is 0 Å². The molecule has 0 radical (unpaired) electrons. The summed E-state index contributed by atoms with van der Waals surface area (Å²) in [5, 5.41) is 0. The van der Waals surface area contributed by atoms with Gasteiger partial charge in [0.05, 0.1) is 5.75 Å². The summed E-state index contributed by atoms with van der Waals surface area (Å²) in [5.74, 6) is -5.08. The van der Waals surface area contributed by atoms with Crippen LogP contribution in [0.5, 0.6) is 0 Å². The van der Waals surface area contributed by atoms with Crippen molar-refractivity contribution < 1.29 is 35.5 Å². The molecule has 8 nitrogen and oxygen atoms in total. The van der Waals surface area contributed by atoms with Crippen LogP contribution in [0.3, 0.4) is 0 Å². The van der Waals surface area contributed by atoms with E-state index in [1.54, 1.807) is 0 Å². The molecule has 0 atom stereocenters. The molecular formula is C5H8O8S2. The number of carbonyl (C=O) groups is 2. The zero-order valence-electron chi connectivity index (χ0n) is 7.28. The van der Waals surface area contributed by atoms with Crippen LogP contribution in [0.2, 0.25) is 0 Å². The van der Waals surface area contributed by atoms with Crippen molar-refractivity contribution >= 4 is 31.8 Å². The third kappa shape index (κ3) is 8.17. The minimum atomic E-state index is -4.60. The molecule has 10 heteroatoms. The van der Waals surface area contributed by atoms with Crippen LogP contribution in [-0.4, -0.2) is 49.0 Å². The van der Waals surface area contributed by atoms with E-state index < -0.39 is 49.7 Å². The van der Waals surface area contributed by atoms with Gasteiger partial charge >= 0.3 is 0 Å². The van der Waals surface area contributed by atoms with Gasteiger partial charge in [0.2, 0.25) is 11.6 Å². The highest BCUT2D eigenvalue weighted by Gasteiger charge is 2.21. The van der Waals surface area contributed by atoms with E-state index in [1.165, 1.54) is 0 Å². The Morgan fingerprint density at radius 3 is 1.67 bits per heavy atom. The molecule has 0 rings (SSSR count). The standard InChI is InChI=1S/C5H8O8S2/c6-4(1-2-14(8,9)10)5(7)3-15(11,12)13/h1-3H2,(H,8,9,10)(H,11,12,13). The van der Waals surface area contributed by atoms with E-state index >= 15 is 0 Å². The molecule has 0 aliphatic carbocycles. The average molecular weight is 260 g/mol. The summed E-state index contributed by atoms with van der Waals surface area (Å²) in [4.78, 5) is 21.5. The summed E-state index contributed by atoms with van der Waals surface area (Å²) in [6.07, 6.45) is -0.826. The Morgan fingerprint density at radius 2 is 1.33 bits per heavy atom. The molecule has 0 unspecified atom stereocenters. The van der Waals surface area contributed by atoms with E-state index in [9.17, 15) is 26.4 Å². The van der Waals surface area contributed by atoms with Gasteiger partial charge in [-0.15, -0.1) is 0 Å². The molecule has 0 fully saturated rings. The fraction of sp³-hybridized carbons (Fsp3) is 0.600. The predicted octanol–water partition coefficient (Wildman–Crippen LogP) is -1.71. The van der Waals surface area contributed by atoms with Crippen molar-refractivity contribution in [2.24, 2.45) is 0 Å². The molecule has 0 aromatic carbocycles. The molecule has 0 saturated carbocycles. The first-order chi connectivity index (χ1) is 6.51. The molecule has 15 heavy (non-hydrogen) atoms. The van der Waals surface area contributed by atoms with Crippen LogP contribution in [0.1, 0.15) is 6.42 Å². The molecule has 0 amide bonds. The predicted molar refractivity (Wildman–Crippen MR) is 47.5 cm³/mol. The van der Waals surface area contributed by atoms with Crippen LogP contribution in [0.4, 0.5) is 0 Å². The fourth-order valence-electron chi connectivity index (χ4n) is 0.607. The molecule has 0 aliphatic heterocycles. The molecular weight excluding hydrogens is 252 g/mol. The first-order valence-corrected chi connectivity index (χ1v) is 6.69. The Morgan fingerprint density at radius 1 is 0.867 bits per heavy atom. The number of ketones is 2. The Hall–Kier alpha value is -0.840. The van der Waals surface area contributed by atoms with Gasteiger partial charge in [-0.3, -0.25) is 18.7 Å². The maximum absolute atomic E-state index is 10.8. The van der Waals surface area contributed by atoms with Gasteiger partial charge in [0, 0.05) is 6.42 Å². The third-order valence-electron chi connectivity index (χ3n) is 1.21. The van der Waals surface area contributed by atoms with Crippen molar-refractivity contribution in [1.29, 1.82) is 0 Å². The molecule has 2 N–H and O–H groups in total. The summed E-state index contributed by atoms with van der Waals surface area (Å²) < 4.78 is 57.1. The zero-order valence-corrected chi connectivity index (χ0v) is 8.91. The molecule has 0 aromatic heterocycles. The van der Waals surface area contributed by atoms with Gasteiger partial charge < -0.3 is 0 Å². The second-order valence-corrected chi connectivity index (χ2v) is 5.63. The van der Waals surface area contributed by atoms with Crippen molar-refractivity contribution in [3.63, 3.8) is 0 Å². The van der Waals surface area contributed by atoms with E-state index in [2.05, 4.69) is 0 Å². The number of hydrogen-bond donors (Lipinski definition) is 2. The highest BCUT2D eigenvalue weighted by Crippen LogP contribution is 1.94. The lowest BCUT2D eigenvalue weighted by Crippen LogP contribution is -2.25. The Kier molecular flexibility index (Phi) is 4.52. The van der Waals surface area contributed by atoms with Crippen LogP contribution in [-0.2, 0) is 29.8 Å². The SMILES string of the molecule is O=C(CCS(=O)(=O)O)C(=O)CS(=O)(=O)O. The molecule has 0 aromatic rings. The largest absolute Gasteiger partial charge is 0.291 e. The van der Waals surface area contributed by atoms with E-state index in [4.69, 9.17) is 9.11 Å². The minimum Gasteiger partial charge on any atom is -0.291 e. The van der Waals surface area contributed by atoms with Gasteiger partial charge in [-0.2, -0.15) is 16.8 Å². The van der Waals surface area contributed by atoms with Crippen LogP contribution in [0, 0.1) is 0 Å². The topological polar surface area (TPSA) is 143 Å². The smallest absolute Gasteiger partial charge is 0.272 e. The van der Waals surface area contributed by atoms with Crippen LogP contribution in [0.25, 0.3) is 0 Å². The fourth-order valence-corrected chi connectivity index (χ4v) is 1.54. The Balaban J connectivity index is 4.31. The van der Waals surface area contributed by atoms with Crippen LogP contribution in [0.15, 0.2) is 0 Å². The summed E-state index contributed by atoms with van der Waals surface area (Å²) >= 11 is 0. The maximum atomic E-state index is 10.8. The van der Waals surface area contributed by atoms with Gasteiger partial charge in [0.15, 0.2) is 0 Å². The van der Waals surface area contributed by atoms with Gasteiger partial charge in [-0.1, -0.05) is 0 Å². The van der Waals surface area contributed by atoms with E-state index in [0.717, 1.165) is 0 Å². The number of hydrogen-bond acceptors (Lipinski definition) is 6. The van der Waals surface area contributed by atoms with Gasteiger partial charge in [0.1, 0.15) is 5.75 Å². The second kappa shape index (κ2) is 4.79. The van der Waals surface area contributed by atoms with Crippen LogP contribution >= 0.6 is 0 Å². The number of Topliss-reactive ketones (excluding diaryl/α,β-unsaturated/α-hetero) is 2. The Bertz CT molecular complexity index is 455. The molecule has 0 saturated heterocycles. The van der Waals surface area contributed by atoms with Crippen LogP contribution < -0.4 is 0 Å². The van der Waals surface area contributed by atoms with Crippen molar-refractivity contribution in [3.8, 4) is 0 Å². The summed E-state index contributed by atoms with van der Waals surface area (Å²) in [7, 11) is -8.99. The van der Waals surface area contributed by atoms with E-state index in [0.29, 0.717) is 0 Å². The summed E-state index contributed by atoms with van der Waals surface area (Å²) in [6.45, 7) is 0. The molecule has 0 aliphatic rings. The van der Waals surface area contributed by atoms with Crippen molar-refractivity contribution in [2.45, 2.75) is 6.42 Å².